The molecule has 2 N–H and O–H groups in total. The third-order valence-corrected chi connectivity index (χ3v) is 6.91. The highest BCUT2D eigenvalue weighted by molar-refractivity contribution is 7.89. The molecule has 0 aliphatic rings. The quantitative estimate of drug-likeness (QED) is 0.429. The minimum atomic E-state index is -3.73. The summed E-state index contributed by atoms with van der Waals surface area (Å²) in [5, 5.41) is 4.75. The van der Waals surface area contributed by atoms with Gasteiger partial charge in [-0.05, 0) is 41.3 Å². The summed E-state index contributed by atoms with van der Waals surface area (Å²) in [6, 6.07) is 17.4. The molecule has 31 heavy (non-hydrogen) atoms. The summed E-state index contributed by atoms with van der Waals surface area (Å²) < 4.78 is 29.7. The Morgan fingerprint density at radius 2 is 1.90 bits per heavy atom. The molecule has 9 heteroatoms. The van der Waals surface area contributed by atoms with E-state index in [2.05, 4.69) is 15.0 Å². The molecule has 7 nitrogen and oxygen atoms in total. The van der Waals surface area contributed by atoms with Crippen LogP contribution in [-0.2, 0) is 23.1 Å². The Balaban J connectivity index is 1.45. The number of hydrogen-bond donors (Lipinski definition) is 2. The lowest BCUT2D eigenvalue weighted by Gasteiger charge is -2.12. The van der Waals surface area contributed by atoms with E-state index in [1.165, 1.54) is 23.5 Å². The first kappa shape index (κ1) is 21.0. The average molecular weight is 453 g/mol. The number of amides is 1. The van der Waals surface area contributed by atoms with E-state index >= 15 is 0 Å². The van der Waals surface area contributed by atoms with Gasteiger partial charge in [0.25, 0.3) is 5.91 Å². The number of para-hydroxylation sites is 1. The summed E-state index contributed by atoms with van der Waals surface area (Å²) in [4.78, 5) is 17.7. The molecule has 4 aromatic rings. The fourth-order valence-electron chi connectivity index (χ4n) is 3.06. The van der Waals surface area contributed by atoms with Gasteiger partial charge in [-0.2, -0.15) is 0 Å². The molecule has 0 saturated heterocycles. The normalized spacial score (nSPS) is 11.4. The molecule has 2 aromatic carbocycles. The predicted molar refractivity (Wildman–Crippen MR) is 120 cm³/mol. The van der Waals surface area contributed by atoms with Gasteiger partial charge in [-0.25, -0.2) is 18.1 Å². The van der Waals surface area contributed by atoms with Crippen molar-refractivity contribution in [2.24, 2.45) is 0 Å². The minimum Gasteiger partial charge on any atom is -0.348 e. The monoisotopic (exact) mass is 452 g/mol. The van der Waals surface area contributed by atoms with Gasteiger partial charge < -0.3 is 9.88 Å². The second kappa shape index (κ2) is 9.25. The van der Waals surface area contributed by atoms with Crippen LogP contribution >= 0.6 is 11.3 Å². The molecule has 2 heterocycles. The number of aromatic nitrogens is 2. The number of rotatable bonds is 8. The lowest BCUT2D eigenvalue weighted by atomic mass is 10.1. The Morgan fingerprint density at radius 1 is 1.03 bits per heavy atom. The first-order chi connectivity index (χ1) is 15.0. The van der Waals surface area contributed by atoms with Crippen LogP contribution in [-0.4, -0.2) is 23.9 Å². The predicted octanol–water partition coefficient (Wildman–Crippen LogP) is 3.34. The molecule has 0 spiro atoms. The van der Waals surface area contributed by atoms with E-state index in [1.807, 2.05) is 52.5 Å². The van der Waals surface area contributed by atoms with Crippen LogP contribution in [0.5, 0.6) is 0 Å². The summed E-state index contributed by atoms with van der Waals surface area (Å²) >= 11 is 1.47. The summed E-state index contributed by atoms with van der Waals surface area (Å²) in [5.41, 5.74) is 2.10. The van der Waals surface area contributed by atoms with Crippen molar-refractivity contribution in [2.45, 2.75) is 18.0 Å². The van der Waals surface area contributed by atoms with Crippen molar-refractivity contribution < 1.29 is 13.2 Å². The maximum Gasteiger partial charge on any atom is 0.251 e. The minimum absolute atomic E-state index is 0.0514. The number of carbonyl (C=O) groups excluding carboxylic acids is 1. The zero-order valence-corrected chi connectivity index (χ0v) is 18.1. The topological polar surface area (TPSA) is 93.1 Å². The molecule has 0 saturated carbocycles. The van der Waals surface area contributed by atoms with Crippen LogP contribution in [0.2, 0.25) is 0 Å². The van der Waals surface area contributed by atoms with Gasteiger partial charge in [0.15, 0.2) is 0 Å². The van der Waals surface area contributed by atoms with Gasteiger partial charge in [-0.1, -0.05) is 30.3 Å². The molecular formula is C22H20N4O3S2. The van der Waals surface area contributed by atoms with Gasteiger partial charge in [-0.3, -0.25) is 4.79 Å². The van der Waals surface area contributed by atoms with Crippen LogP contribution < -0.4 is 10.0 Å². The Bertz CT molecular complexity index is 1270. The third-order valence-electron chi connectivity index (χ3n) is 4.64. The van der Waals surface area contributed by atoms with Crippen molar-refractivity contribution in [1.82, 2.24) is 19.6 Å². The van der Waals surface area contributed by atoms with Crippen LogP contribution in [0, 0.1) is 0 Å². The number of thiophene rings is 1. The number of benzene rings is 2. The lowest BCUT2D eigenvalue weighted by molar-refractivity contribution is 0.0950. The molecule has 0 atom stereocenters. The number of hydrogen-bond acceptors (Lipinski definition) is 5. The number of carbonyl (C=O) groups is 1. The van der Waals surface area contributed by atoms with Crippen LogP contribution in [0.25, 0.3) is 5.69 Å². The zero-order chi connectivity index (χ0) is 21.7. The molecule has 0 bridgehead atoms. The Morgan fingerprint density at radius 3 is 2.68 bits per heavy atom. The molecule has 4 rings (SSSR count). The average Bonchev–Trinajstić information content (AvgIpc) is 3.51. The number of imidazole rings is 1. The molecule has 0 fully saturated rings. The number of nitrogens with one attached hydrogen (secondary N) is 2. The Hall–Kier alpha value is -3.27. The van der Waals surface area contributed by atoms with E-state index in [0.29, 0.717) is 6.54 Å². The second-order valence-electron chi connectivity index (χ2n) is 6.71. The summed E-state index contributed by atoms with van der Waals surface area (Å²) in [5.74, 6) is -0.351. The molecule has 0 unspecified atom stereocenters. The molecule has 0 aliphatic heterocycles. The maximum atomic E-state index is 12.7. The zero-order valence-electron chi connectivity index (χ0n) is 16.4. The third kappa shape index (κ3) is 5.08. The van der Waals surface area contributed by atoms with E-state index in [-0.39, 0.29) is 22.9 Å². The van der Waals surface area contributed by atoms with E-state index in [4.69, 9.17) is 0 Å². The van der Waals surface area contributed by atoms with Crippen molar-refractivity contribution in [3.8, 4) is 5.69 Å². The molecule has 2 aromatic heterocycles. The highest BCUT2D eigenvalue weighted by Crippen LogP contribution is 2.16. The van der Waals surface area contributed by atoms with Crippen LogP contribution in [0.1, 0.15) is 20.8 Å². The smallest absolute Gasteiger partial charge is 0.251 e. The maximum absolute atomic E-state index is 12.7. The van der Waals surface area contributed by atoms with E-state index in [1.54, 1.807) is 24.7 Å². The fourth-order valence-corrected chi connectivity index (χ4v) is 4.85. The molecule has 158 valence electrons. The summed E-state index contributed by atoms with van der Waals surface area (Å²) in [6.07, 6.45) is 5.21. The Kier molecular flexibility index (Phi) is 6.26. The van der Waals surface area contributed by atoms with Crippen LogP contribution in [0.3, 0.4) is 0 Å². The Labute approximate surface area is 184 Å². The molecule has 0 aliphatic carbocycles. The van der Waals surface area contributed by atoms with E-state index < -0.39 is 10.0 Å². The van der Waals surface area contributed by atoms with Gasteiger partial charge in [0.1, 0.15) is 0 Å². The van der Waals surface area contributed by atoms with Crippen molar-refractivity contribution in [3.05, 3.63) is 101 Å². The number of nitrogens with zero attached hydrogens (tertiary/aromatic N) is 2. The van der Waals surface area contributed by atoms with Crippen LogP contribution in [0.15, 0.2) is 89.7 Å². The van der Waals surface area contributed by atoms with E-state index in [0.717, 1.165) is 16.1 Å². The highest BCUT2D eigenvalue weighted by Gasteiger charge is 2.16. The van der Waals surface area contributed by atoms with Gasteiger partial charge in [-0.15, -0.1) is 11.3 Å². The van der Waals surface area contributed by atoms with Crippen LogP contribution in [0.4, 0.5) is 0 Å². The van der Waals surface area contributed by atoms with Crippen molar-refractivity contribution in [2.75, 3.05) is 0 Å². The molecular weight excluding hydrogens is 432 g/mol. The standard InChI is InChI=1S/C22H20N4O3S2/c27-22(24-14-18-5-1-2-9-21(18)26-11-10-23-16-26)17-6-3-8-20(13-17)31(28,29)25-15-19-7-4-12-30-19/h1-13,16,25H,14-15H2,(H,24,27). The highest BCUT2D eigenvalue weighted by atomic mass is 32.2. The second-order valence-corrected chi connectivity index (χ2v) is 9.51. The van der Waals surface area contributed by atoms with Crippen molar-refractivity contribution in [1.29, 1.82) is 0 Å². The van der Waals surface area contributed by atoms with Gasteiger partial charge >= 0.3 is 0 Å². The summed E-state index contributed by atoms with van der Waals surface area (Å²) in [6.45, 7) is 0.502. The van der Waals surface area contributed by atoms with Crippen molar-refractivity contribution in [3.63, 3.8) is 0 Å². The molecule has 0 radical (unpaired) electrons. The summed E-state index contributed by atoms with van der Waals surface area (Å²) in [7, 11) is -3.73. The van der Waals surface area contributed by atoms with E-state index in [9.17, 15) is 13.2 Å². The van der Waals surface area contributed by atoms with Gasteiger partial charge in [0, 0.05) is 35.9 Å². The van der Waals surface area contributed by atoms with Gasteiger partial charge in [0.2, 0.25) is 10.0 Å². The van der Waals surface area contributed by atoms with Gasteiger partial charge in [0.05, 0.1) is 16.9 Å². The first-order valence-electron chi connectivity index (χ1n) is 9.49. The molecule has 1 amide bonds. The SMILES string of the molecule is O=C(NCc1ccccc1-n1ccnc1)c1cccc(S(=O)(=O)NCc2cccs2)c1. The fraction of sp³-hybridized carbons (Fsp3) is 0.0909. The lowest BCUT2D eigenvalue weighted by Crippen LogP contribution is -2.25. The largest absolute Gasteiger partial charge is 0.348 e. The van der Waals surface area contributed by atoms with Crippen molar-refractivity contribution >= 4 is 27.3 Å². The number of sulfonamides is 1. The first-order valence-corrected chi connectivity index (χ1v) is 11.9.